The van der Waals surface area contributed by atoms with Crippen molar-refractivity contribution in [2.75, 3.05) is 7.11 Å². The van der Waals surface area contributed by atoms with Crippen molar-refractivity contribution in [1.82, 2.24) is 0 Å². The molecular formula is C11H13NO. The summed E-state index contributed by atoms with van der Waals surface area (Å²) in [7, 11) is 1.65. The van der Waals surface area contributed by atoms with Crippen molar-refractivity contribution in [2.45, 2.75) is 13.3 Å². The van der Waals surface area contributed by atoms with Gasteiger partial charge in [0.2, 0.25) is 0 Å². The van der Waals surface area contributed by atoms with E-state index in [4.69, 9.17) is 4.74 Å². The van der Waals surface area contributed by atoms with Gasteiger partial charge in [-0.15, -0.1) is 0 Å². The van der Waals surface area contributed by atoms with Crippen LogP contribution in [0.4, 0.5) is 5.69 Å². The van der Waals surface area contributed by atoms with Crippen LogP contribution in [-0.4, -0.2) is 13.0 Å². The molecule has 0 spiro atoms. The van der Waals surface area contributed by atoms with Crippen LogP contribution >= 0.6 is 0 Å². The second-order valence-corrected chi connectivity index (χ2v) is 2.55. The Kier molecular flexibility index (Phi) is 3.80. The Bertz CT molecular complexity index is 307. The minimum atomic E-state index is 0.846. The van der Waals surface area contributed by atoms with Gasteiger partial charge in [0.05, 0.1) is 12.8 Å². The molecule has 68 valence electrons. The van der Waals surface area contributed by atoms with Gasteiger partial charge in [-0.05, 0) is 42.6 Å². The Morgan fingerprint density at radius 1 is 1.38 bits per heavy atom. The highest BCUT2D eigenvalue weighted by atomic mass is 16.5. The molecule has 1 aromatic rings. The van der Waals surface area contributed by atoms with E-state index in [9.17, 15) is 0 Å². The molecule has 2 heteroatoms. The molecule has 0 aliphatic carbocycles. The summed E-state index contributed by atoms with van der Waals surface area (Å²) in [6, 6.07) is 7.56. The molecule has 0 aliphatic rings. The van der Waals surface area contributed by atoms with Crippen LogP contribution in [0.5, 0.6) is 5.75 Å². The smallest absolute Gasteiger partial charge is 0.119 e. The third-order valence-electron chi connectivity index (χ3n) is 1.56. The van der Waals surface area contributed by atoms with Crippen LogP contribution in [0.15, 0.2) is 35.3 Å². The van der Waals surface area contributed by atoms with E-state index in [0.717, 1.165) is 17.9 Å². The van der Waals surface area contributed by atoms with Crippen LogP contribution in [0.25, 0.3) is 0 Å². The molecule has 0 aliphatic heterocycles. The number of hydrogen-bond acceptors (Lipinski definition) is 2. The number of aliphatic imine (C=N–C) groups is 1. The first-order valence-corrected chi connectivity index (χ1v) is 4.28. The summed E-state index contributed by atoms with van der Waals surface area (Å²) >= 11 is 0. The number of ether oxygens (including phenoxy) is 1. The average molecular weight is 175 g/mol. The highest BCUT2D eigenvalue weighted by molar-refractivity contribution is 5.58. The summed E-state index contributed by atoms with van der Waals surface area (Å²) in [6.07, 6.45) is 2.85. The van der Waals surface area contributed by atoms with Crippen molar-refractivity contribution in [3.05, 3.63) is 30.3 Å². The third-order valence-corrected chi connectivity index (χ3v) is 1.56. The predicted octanol–water partition coefficient (Wildman–Crippen LogP) is 2.96. The number of nitrogens with zero attached hydrogens (tertiary/aromatic N) is 1. The number of rotatable bonds is 3. The normalized spacial score (nSPS) is 8.77. The molecule has 2 nitrogen and oxygen atoms in total. The Hall–Kier alpha value is -1.53. The monoisotopic (exact) mass is 175 g/mol. The lowest BCUT2D eigenvalue weighted by Gasteiger charge is -1.97. The fourth-order valence-electron chi connectivity index (χ4n) is 0.868. The standard InChI is InChI=1S/C11H13NO/c1-3-4-9-12-10-5-7-11(13-2)8-6-10/h4-8H,3H2,1-2H3. The Balaban J connectivity index is 2.75. The maximum atomic E-state index is 5.02. The summed E-state index contributed by atoms with van der Waals surface area (Å²) in [5, 5.41) is 0. The van der Waals surface area contributed by atoms with Gasteiger partial charge in [-0.1, -0.05) is 6.92 Å². The minimum Gasteiger partial charge on any atom is -0.497 e. The van der Waals surface area contributed by atoms with Crippen molar-refractivity contribution in [3.8, 4) is 5.75 Å². The molecule has 0 amide bonds. The van der Waals surface area contributed by atoms with E-state index >= 15 is 0 Å². The highest BCUT2D eigenvalue weighted by Gasteiger charge is 1.89. The van der Waals surface area contributed by atoms with E-state index in [0.29, 0.717) is 0 Å². The number of hydrogen-bond donors (Lipinski definition) is 0. The number of allylic oxidation sites excluding steroid dienone is 1. The topological polar surface area (TPSA) is 21.6 Å². The molecule has 13 heavy (non-hydrogen) atoms. The van der Waals surface area contributed by atoms with Crippen LogP contribution in [0.3, 0.4) is 0 Å². The molecule has 0 bridgehead atoms. The van der Waals surface area contributed by atoms with Crippen LogP contribution < -0.4 is 4.74 Å². The first kappa shape index (κ1) is 9.56. The largest absolute Gasteiger partial charge is 0.497 e. The van der Waals surface area contributed by atoms with E-state index in [2.05, 4.69) is 17.8 Å². The number of methoxy groups -OCH3 is 1. The van der Waals surface area contributed by atoms with Crippen molar-refractivity contribution in [1.29, 1.82) is 0 Å². The lowest BCUT2D eigenvalue weighted by molar-refractivity contribution is 0.415. The van der Waals surface area contributed by atoms with Crippen LogP contribution in [0.2, 0.25) is 0 Å². The second-order valence-electron chi connectivity index (χ2n) is 2.55. The van der Waals surface area contributed by atoms with E-state index < -0.39 is 0 Å². The molecule has 0 saturated heterocycles. The van der Waals surface area contributed by atoms with Crippen molar-refractivity contribution >= 4 is 11.6 Å². The summed E-state index contributed by atoms with van der Waals surface area (Å²) in [5.41, 5.74) is 0.894. The summed E-state index contributed by atoms with van der Waals surface area (Å²) < 4.78 is 5.02. The van der Waals surface area contributed by atoms with Gasteiger partial charge in [-0.3, -0.25) is 0 Å². The molecule has 0 heterocycles. The van der Waals surface area contributed by atoms with Gasteiger partial charge >= 0.3 is 0 Å². The maximum Gasteiger partial charge on any atom is 0.119 e. The van der Waals surface area contributed by atoms with Gasteiger partial charge in [-0.25, -0.2) is 4.99 Å². The van der Waals surface area contributed by atoms with E-state index in [1.807, 2.05) is 30.3 Å². The van der Waals surface area contributed by atoms with Gasteiger partial charge in [0, 0.05) is 0 Å². The SMILES string of the molecule is CCC=C=Nc1ccc(OC)cc1. The molecule has 0 unspecified atom stereocenters. The number of benzene rings is 1. The molecule has 0 saturated carbocycles. The van der Waals surface area contributed by atoms with E-state index in [-0.39, 0.29) is 0 Å². The van der Waals surface area contributed by atoms with Crippen LogP contribution in [-0.2, 0) is 0 Å². The van der Waals surface area contributed by atoms with Crippen molar-refractivity contribution in [2.24, 2.45) is 4.99 Å². The highest BCUT2D eigenvalue weighted by Crippen LogP contribution is 2.16. The van der Waals surface area contributed by atoms with Gasteiger partial charge in [-0.2, -0.15) is 0 Å². The van der Waals surface area contributed by atoms with Gasteiger partial charge in [0.15, 0.2) is 0 Å². The van der Waals surface area contributed by atoms with Crippen LogP contribution in [0.1, 0.15) is 13.3 Å². The van der Waals surface area contributed by atoms with Gasteiger partial charge in [0.1, 0.15) is 5.75 Å². The Morgan fingerprint density at radius 2 is 2.08 bits per heavy atom. The molecular weight excluding hydrogens is 162 g/mol. The fraction of sp³-hybridized carbons (Fsp3) is 0.273. The first-order valence-electron chi connectivity index (χ1n) is 4.28. The third kappa shape index (κ3) is 3.14. The van der Waals surface area contributed by atoms with Crippen LogP contribution in [0, 0.1) is 0 Å². The summed E-state index contributed by atoms with van der Waals surface area (Å²) in [5.74, 6) is 3.69. The molecule has 0 aromatic heterocycles. The lowest BCUT2D eigenvalue weighted by Crippen LogP contribution is -1.79. The summed E-state index contributed by atoms with van der Waals surface area (Å²) in [4.78, 5) is 4.11. The Morgan fingerprint density at radius 3 is 2.62 bits per heavy atom. The quantitative estimate of drug-likeness (QED) is 0.647. The molecule has 0 atom stereocenters. The van der Waals surface area contributed by atoms with Crippen molar-refractivity contribution in [3.63, 3.8) is 0 Å². The van der Waals surface area contributed by atoms with Gasteiger partial charge < -0.3 is 4.74 Å². The predicted molar refractivity (Wildman–Crippen MR) is 55.0 cm³/mol. The average Bonchev–Trinajstić information content (AvgIpc) is 2.19. The molecule has 0 radical (unpaired) electrons. The second kappa shape index (κ2) is 5.18. The van der Waals surface area contributed by atoms with E-state index in [1.165, 1.54) is 0 Å². The molecule has 0 N–H and O–H groups in total. The maximum absolute atomic E-state index is 5.02. The minimum absolute atomic E-state index is 0.846. The first-order chi connectivity index (χ1) is 6.36. The zero-order valence-corrected chi connectivity index (χ0v) is 7.95. The van der Waals surface area contributed by atoms with E-state index in [1.54, 1.807) is 7.11 Å². The van der Waals surface area contributed by atoms with Crippen molar-refractivity contribution < 1.29 is 4.74 Å². The molecule has 0 fully saturated rings. The van der Waals surface area contributed by atoms with Gasteiger partial charge in [0.25, 0.3) is 0 Å². The zero-order chi connectivity index (χ0) is 9.52. The Labute approximate surface area is 78.6 Å². The summed E-state index contributed by atoms with van der Waals surface area (Å²) in [6.45, 7) is 2.05. The molecule has 1 rings (SSSR count). The molecule has 1 aromatic carbocycles. The fourth-order valence-corrected chi connectivity index (χ4v) is 0.868. The zero-order valence-electron chi connectivity index (χ0n) is 7.95. The lowest BCUT2D eigenvalue weighted by atomic mass is 10.3.